The minimum atomic E-state index is 0.479. The molecule has 1 atom stereocenters. The van der Waals surface area contributed by atoms with Crippen molar-refractivity contribution in [3.8, 4) is 12.3 Å². The maximum Gasteiger partial charge on any atom is 0.0578 e. The summed E-state index contributed by atoms with van der Waals surface area (Å²) < 4.78 is 0. The third kappa shape index (κ3) is 4.63. The predicted octanol–water partition coefficient (Wildman–Crippen LogP) is 3.95. The van der Waals surface area contributed by atoms with Crippen molar-refractivity contribution < 1.29 is 0 Å². The second-order valence-electron chi connectivity index (χ2n) is 3.38. The molecular formula is C16H25N. The van der Waals surface area contributed by atoms with Gasteiger partial charge < -0.3 is 0 Å². The van der Waals surface area contributed by atoms with E-state index in [1.165, 1.54) is 24.0 Å². The predicted molar refractivity (Wildman–Crippen MR) is 77.0 cm³/mol. The van der Waals surface area contributed by atoms with Gasteiger partial charge in [0.1, 0.15) is 0 Å². The number of hydrogen-bond donors (Lipinski definition) is 1. The molecule has 1 aromatic rings. The van der Waals surface area contributed by atoms with Crippen LogP contribution in [0.4, 0.5) is 0 Å². The van der Waals surface area contributed by atoms with E-state index in [0.29, 0.717) is 12.6 Å². The van der Waals surface area contributed by atoms with Gasteiger partial charge in [-0.05, 0) is 24.0 Å². The monoisotopic (exact) mass is 231 g/mol. The average molecular weight is 231 g/mol. The fraction of sp³-hybridized carbons (Fsp3) is 0.500. The Hall–Kier alpha value is -1.26. The van der Waals surface area contributed by atoms with Gasteiger partial charge >= 0.3 is 0 Å². The molecule has 17 heavy (non-hydrogen) atoms. The Morgan fingerprint density at radius 2 is 1.88 bits per heavy atom. The van der Waals surface area contributed by atoms with Gasteiger partial charge in [-0.25, -0.2) is 0 Å². The maximum atomic E-state index is 5.21. The van der Waals surface area contributed by atoms with Crippen molar-refractivity contribution >= 4 is 0 Å². The zero-order valence-electron chi connectivity index (χ0n) is 11.6. The van der Waals surface area contributed by atoms with Gasteiger partial charge in [-0.15, -0.1) is 6.42 Å². The average Bonchev–Trinajstić information content (AvgIpc) is 2.84. The molecule has 1 heteroatoms. The number of aryl methyl sites for hydroxylation is 1. The van der Waals surface area contributed by atoms with Crippen LogP contribution in [0.5, 0.6) is 0 Å². The Morgan fingerprint density at radius 3 is 2.53 bits per heavy atom. The third-order valence-corrected chi connectivity index (χ3v) is 2.58. The standard InChI is InChI=1S/C12H13N.2C2H6/c1-2-9-13-12-8-7-10-5-3-4-6-11(10)12;2*1-2/h1,3-6,12-13H,7-9H2;2*1-2H3/t12-;;/m1../s1. The molecule has 2 rings (SSSR count). The summed E-state index contributed by atoms with van der Waals surface area (Å²) in [7, 11) is 0. The number of hydrogen-bond acceptors (Lipinski definition) is 1. The SMILES string of the molecule is C#CCN[C@@H]1CCc2ccccc21.CC.CC. The molecular weight excluding hydrogens is 206 g/mol. The number of terminal acetylenes is 1. The summed E-state index contributed by atoms with van der Waals surface area (Å²) in [5.41, 5.74) is 2.90. The van der Waals surface area contributed by atoms with Crippen LogP contribution in [0.2, 0.25) is 0 Å². The van der Waals surface area contributed by atoms with E-state index >= 15 is 0 Å². The number of benzene rings is 1. The maximum absolute atomic E-state index is 5.21. The van der Waals surface area contributed by atoms with Gasteiger partial charge in [0, 0.05) is 6.04 Å². The van der Waals surface area contributed by atoms with Gasteiger partial charge in [-0.1, -0.05) is 57.9 Å². The summed E-state index contributed by atoms with van der Waals surface area (Å²) >= 11 is 0. The summed E-state index contributed by atoms with van der Waals surface area (Å²) in [6.07, 6.45) is 7.57. The van der Waals surface area contributed by atoms with Gasteiger partial charge in [0.15, 0.2) is 0 Å². The van der Waals surface area contributed by atoms with Crippen molar-refractivity contribution in [2.24, 2.45) is 0 Å². The van der Waals surface area contributed by atoms with Gasteiger partial charge in [0.2, 0.25) is 0 Å². The van der Waals surface area contributed by atoms with Crippen LogP contribution in [0.3, 0.4) is 0 Å². The van der Waals surface area contributed by atoms with Crippen LogP contribution in [0.15, 0.2) is 24.3 Å². The van der Waals surface area contributed by atoms with Crippen molar-refractivity contribution in [3.63, 3.8) is 0 Å². The molecule has 0 aromatic heterocycles. The van der Waals surface area contributed by atoms with Gasteiger partial charge in [-0.3, -0.25) is 5.32 Å². The summed E-state index contributed by atoms with van der Waals surface area (Å²) in [4.78, 5) is 0. The Kier molecular flexibility index (Phi) is 9.19. The van der Waals surface area contributed by atoms with E-state index < -0.39 is 0 Å². The minimum absolute atomic E-state index is 0.479. The quantitative estimate of drug-likeness (QED) is 0.760. The minimum Gasteiger partial charge on any atom is -0.299 e. The second kappa shape index (κ2) is 9.93. The first-order valence-corrected chi connectivity index (χ1v) is 6.66. The van der Waals surface area contributed by atoms with Crippen molar-refractivity contribution in [3.05, 3.63) is 35.4 Å². The number of nitrogens with one attached hydrogen (secondary N) is 1. The molecule has 94 valence electrons. The van der Waals surface area contributed by atoms with Crippen molar-refractivity contribution in [2.75, 3.05) is 6.54 Å². The lowest BCUT2D eigenvalue weighted by molar-refractivity contribution is 0.568. The topological polar surface area (TPSA) is 12.0 Å². The van der Waals surface area contributed by atoms with Crippen LogP contribution >= 0.6 is 0 Å². The van der Waals surface area contributed by atoms with Gasteiger partial charge in [0.05, 0.1) is 6.54 Å². The molecule has 1 aromatic carbocycles. The van der Waals surface area contributed by atoms with Crippen LogP contribution in [-0.4, -0.2) is 6.54 Å². The Morgan fingerprint density at radius 1 is 1.24 bits per heavy atom. The lowest BCUT2D eigenvalue weighted by atomic mass is 10.1. The molecule has 1 N–H and O–H groups in total. The third-order valence-electron chi connectivity index (χ3n) is 2.58. The van der Waals surface area contributed by atoms with Crippen molar-refractivity contribution in [1.82, 2.24) is 5.32 Å². The molecule has 1 aliphatic rings. The van der Waals surface area contributed by atoms with Crippen molar-refractivity contribution in [1.29, 1.82) is 0 Å². The molecule has 0 aliphatic heterocycles. The summed E-state index contributed by atoms with van der Waals surface area (Å²) in [6, 6.07) is 9.06. The van der Waals surface area contributed by atoms with E-state index in [1.54, 1.807) is 0 Å². The van der Waals surface area contributed by atoms with Crippen LogP contribution in [0.1, 0.15) is 51.3 Å². The highest BCUT2D eigenvalue weighted by Crippen LogP contribution is 2.30. The lowest BCUT2D eigenvalue weighted by Crippen LogP contribution is -2.19. The highest BCUT2D eigenvalue weighted by molar-refractivity contribution is 5.34. The molecule has 0 fully saturated rings. The van der Waals surface area contributed by atoms with Crippen LogP contribution in [0.25, 0.3) is 0 Å². The molecule has 0 spiro atoms. The highest BCUT2D eigenvalue weighted by Gasteiger charge is 2.20. The number of fused-ring (bicyclic) bond motifs is 1. The van der Waals surface area contributed by atoms with E-state index in [0.717, 1.165) is 0 Å². The van der Waals surface area contributed by atoms with Crippen LogP contribution < -0.4 is 5.32 Å². The molecule has 1 nitrogen and oxygen atoms in total. The normalized spacial score (nSPS) is 15.6. The van der Waals surface area contributed by atoms with E-state index in [2.05, 4.69) is 35.5 Å². The fourth-order valence-electron chi connectivity index (χ4n) is 1.95. The molecule has 0 unspecified atom stereocenters. The zero-order valence-corrected chi connectivity index (χ0v) is 11.6. The van der Waals surface area contributed by atoms with Crippen molar-refractivity contribution in [2.45, 2.75) is 46.6 Å². The molecule has 0 saturated heterocycles. The first kappa shape index (κ1) is 15.7. The van der Waals surface area contributed by atoms with Crippen LogP contribution in [-0.2, 0) is 6.42 Å². The van der Waals surface area contributed by atoms with Crippen LogP contribution in [0, 0.1) is 12.3 Å². The zero-order chi connectivity index (χ0) is 13.1. The molecule has 0 radical (unpaired) electrons. The smallest absolute Gasteiger partial charge is 0.0578 e. The van der Waals surface area contributed by atoms with E-state index in [4.69, 9.17) is 6.42 Å². The fourth-order valence-corrected chi connectivity index (χ4v) is 1.95. The summed E-state index contributed by atoms with van der Waals surface area (Å²) in [5, 5.41) is 3.35. The van der Waals surface area contributed by atoms with Gasteiger partial charge in [-0.2, -0.15) is 0 Å². The molecule has 1 aliphatic carbocycles. The molecule has 0 heterocycles. The Labute approximate surface area is 107 Å². The Bertz CT molecular complexity index is 336. The van der Waals surface area contributed by atoms with E-state index in [9.17, 15) is 0 Å². The highest BCUT2D eigenvalue weighted by atomic mass is 14.9. The molecule has 0 amide bonds. The van der Waals surface area contributed by atoms with Gasteiger partial charge in [0.25, 0.3) is 0 Å². The van der Waals surface area contributed by atoms with E-state index in [-0.39, 0.29) is 0 Å². The van der Waals surface area contributed by atoms with E-state index in [1.807, 2.05) is 27.7 Å². The second-order valence-corrected chi connectivity index (χ2v) is 3.38. The molecule has 0 bridgehead atoms. The summed E-state index contributed by atoms with van der Waals surface area (Å²) in [6.45, 7) is 8.67. The number of rotatable bonds is 2. The largest absolute Gasteiger partial charge is 0.299 e. The first-order chi connectivity index (χ1) is 8.42. The molecule has 0 saturated carbocycles. The Balaban J connectivity index is 0.000000581. The first-order valence-electron chi connectivity index (χ1n) is 6.66. The lowest BCUT2D eigenvalue weighted by Gasteiger charge is -2.10. The summed E-state index contributed by atoms with van der Waals surface area (Å²) in [5.74, 6) is 2.61.